The van der Waals surface area contributed by atoms with Crippen LogP contribution >= 0.6 is 11.6 Å². The van der Waals surface area contributed by atoms with Crippen LogP contribution in [0, 0.1) is 0 Å². The first-order valence-corrected chi connectivity index (χ1v) is 5.46. The first-order chi connectivity index (χ1) is 8.15. The Morgan fingerprint density at radius 2 is 2.06 bits per heavy atom. The summed E-state index contributed by atoms with van der Waals surface area (Å²) < 4.78 is 5.14. The maximum absolute atomic E-state index is 10.4. The van der Waals surface area contributed by atoms with Gasteiger partial charge < -0.3 is 9.63 Å². The third-order valence-corrected chi connectivity index (χ3v) is 2.53. The standard InChI is InChI=1S/C12H10ClNO3/c13-9-3-1-8(2-4-9)11-7-10(14-17-11)5-6-12(15)16/h1-4,7H,5-6H2,(H,15,16). The minimum absolute atomic E-state index is 0.0482. The van der Waals surface area contributed by atoms with E-state index in [4.69, 9.17) is 21.2 Å². The highest BCUT2D eigenvalue weighted by atomic mass is 35.5. The van der Waals surface area contributed by atoms with E-state index in [1.807, 2.05) is 12.1 Å². The Labute approximate surface area is 103 Å². The fraction of sp³-hybridized carbons (Fsp3) is 0.167. The molecule has 0 aliphatic carbocycles. The van der Waals surface area contributed by atoms with Gasteiger partial charge >= 0.3 is 5.97 Å². The maximum atomic E-state index is 10.4. The number of benzene rings is 1. The van der Waals surface area contributed by atoms with Gasteiger partial charge in [0.1, 0.15) is 0 Å². The number of carboxylic acids is 1. The van der Waals surface area contributed by atoms with Gasteiger partial charge in [0.2, 0.25) is 0 Å². The van der Waals surface area contributed by atoms with E-state index in [1.54, 1.807) is 18.2 Å². The van der Waals surface area contributed by atoms with Gasteiger partial charge in [0.05, 0.1) is 12.1 Å². The lowest BCUT2D eigenvalue weighted by molar-refractivity contribution is -0.136. The molecule has 0 aliphatic heterocycles. The van der Waals surface area contributed by atoms with Crippen LogP contribution in [0.3, 0.4) is 0 Å². The van der Waals surface area contributed by atoms with E-state index in [1.165, 1.54) is 0 Å². The van der Waals surface area contributed by atoms with Gasteiger partial charge in [0.15, 0.2) is 5.76 Å². The fourth-order valence-electron chi connectivity index (χ4n) is 1.41. The number of hydrogen-bond donors (Lipinski definition) is 1. The Balaban J connectivity index is 2.12. The number of carbonyl (C=O) groups is 1. The van der Waals surface area contributed by atoms with Gasteiger partial charge in [-0.15, -0.1) is 0 Å². The van der Waals surface area contributed by atoms with Crippen molar-refractivity contribution in [1.29, 1.82) is 0 Å². The molecule has 0 radical (unpaired) electrons. The van der Waals surface area contributed by atoms with E-state index in [0.29, 0.717) is 22.9 Å². The molecule has 0 atom stereocenters. The molecule has 17 heavy (non-hydrogen) atoms. The smallest absolute Gasteiger partial charge is 0.303 e. The molecule has 0 fully saturated rings. The van der Waals surface area contributed by atoms with Gasteiger partial charge in [-0.25, -0.2) is 0 Å². The Kier molecular flexibility index (Phi) is 3.44. The molecular weight excluding hydrogens is 242 g/mol. The molecular formula is C12H10ClNO3. The van der Waals surface area contributed by atoms with E-state index in [2.05, 4.69) is 5.16 Å². The van der Waals surface area contributed by atoms with Crippen LogP contribution in [0.2, 0.25) is 5.02 Å². The molecule has 0 amide bonds. The molecule has 0 unspecified atom stereocenters. The highest BCUT2D eigenvalue weighted by Crippen LogP contribution is 2.22. The van der Waals surface area contributed by atoms with Crippen LogP contribution in [-0.2, 0) is 11.2 Å². The number of halogens is 1. The number of rotatable bonds is 4. The van der Waals surface area contributed by atoms with Crippen LogP contribution in [0.5, 0.6) is 0 Å². The normalized spacial score (nSPS) is 10.4. The zero-order valence-corrected chi connectivity index (χ0v) is 9.65. The van der Waals surface area contributed by atoms with Crippen molar-refractivity contribution < 1.29 is 14.4 Å². The highest BCUT2D eigenvalue weighted by molar-refractivity contribution is 6.30. The molecule has 1 N–H and O–H groups in total. The van der Waals surface area contributed by atoms with Gasteiger partial charge in [0, 0.05) is 23.1 Å². The molecule has 1 aromatic heterocycles. The monoisotopic (exact) mass is 251 g/mol. The van der Waals surface area contributed by atoms with Crippen LogP contribution in [0.25, 0.3) is 11.3 Å². The third kappa shape index (κ3) is 3.07. The predicted molar refractivity (Wildman–Crippen MR) is 62.9 cm³/mol. The van der Waals surface area contributed by atoms with Crippen molar-refractivity contribution in [2.45, 2.75) is 12.8 Å². The summed E-state index contributed by atoms with van der Waals surface area (Å²) in [5, 5.41) is 13.0. The molecule has 1 aromatic carbocycles. The number of hydrogen-bond acceptors (Lipinski definition) is 3. The number of nitrogens with zero attached hydrogens (tertiary/aromatic N) is 1. The van der Waals surface area contributed by atoms with Crippen LogP contribution < -0.4 is 0 Å². The maximum Gasteiger partial charge on any atom is 0.303 e. The highest BCUT2D eigenvalue weighted by Gasteiger charge is 2.08. The van der Waals surface area contributed by atoms with Gasteiger partial charge in [-0.05, 0) is 24.3 Å². The molecule has 0 aliphatic rings. The van der Waals surface area contributed by atoms with E-state index >= 15 is 0 Å². The van der Waals surface area contributed by atoms with Gasteiger partial charge in [-0.1, -0.05) is 16.8 Å². The lowest BCUT2D eigenvalue weighted by Gasteiger charge is -1.94. The average Bonchev–Trinajstić information content (AvgIpc) is 2.76. The fourth-order valence-corrected chi connectivity index (χ4v) is 1.54. The van der Waals surface area contributed by atoms with Crippen LogP contribution in [0.15, 0.2) is 34.9 Å². The largest absolute Gasteiger partial charge is 0.481 e. The van der Waals surface area contributed by atoms with Crippen LogP contribution in [-0.4, -0.2) is 16.2 Å². The molecule has 1 heterocycles. The van der Waals surface area contributed by atoms with E-state index < -0.39 is 5.97 Å². The van der Waals surface area contributed by atoms with Crippen molar-refractivity contribution in [2.24, 2.45) is 0 Å². The van der Waals surface area contributed by atoms with Crippen molar-refractivity contribution in [1.82, 2.24) is 5.16 Å². The third-order valence-electron chi connectivity index (χ3n) is 2.28. The molecule has 0 bridgehead atoms. The van der Waals surface area contributed by atoms with E-state index in [9.17, 15) is 4.79 Å². The van der Waals surface area contributed by atoms with Gasteiger partial charge in [-0.2, -0.15) is 0 Å². The molecule has 2 aromatic rings. The van der Waals surface area contributed by atoms with Crippen molar-refractivity contribution in [3.05, 3.63) is 41.0 Å². The Hall–Kier alpha value is -1.81. The quantitative estimate of drug-likeness (QED) is 0.907. The summed E-state index contributed by atoms with van der Waals surface area (Å²) in [6.07, 6.45) is 0.416. The average molecular weight is 252 g/mol. The summed E-state index contributed by atoms with van der Waals surface area (Å²) in [4.78, 5) is 10.4. The second-order valence-electron chi connectivity index (χ2n) is 3.58. The predicted octanol–water partition coefficient (Wildman–Crippen LogP) is 3.01. The van der Waals surface area contributed by atoms with E-state index in [-0.39, 0.29) is 6.42 Å². The first kappa shape index (κ1) is 11.7. The number of aromatic nitrogens is 1. The topological polar surface area (TPSA) is 63.3 Å². The molecule has 5 heteroatoms. The minimum Gasteiger partial charge on any atom is -0.481 e. The zero-order valence-electron chi connectivity index (χ0n) is 8.89. The lowest BCUT2D eigenvalue weighted by Crippen LogP contribution is -1.97. The number of carboxylic acid groups (broad SMARTS) is 1. The van der Waals surface area contributed by atoms with Gasteiger partial charge in [0.25, 0.3) is 0 Å². The summed E-state index contributed by atoms with van der Waals surface area (Å²) >= 11 is 5.78. The summed E-state index contributed by atoms with van der Waals surface area (Å²) in [5.74, 6) is -0.233. The lowest BCUT2D eigenvalue weighted by atomic mass is 10.1. The summed E-state index contributed by atoms with van der Waals surface area (Å²) in [7, 11) is 0. The second-order valence-corrected chi connectivity index (χ2v) is 4.02. The Bertz CT molecular complexity index is 519. The molecule has 88 valence electrons. The summed E-state index contributed by atoms with van der Waals surface area (Å²) in [5.41, 5.74) is 1.50. The van der Waals surface area contributed by atoms with Crippen LogP contribution in [0.4, 0.5) is 0 Å². The Morgan fingerprint density at radius 1 is 1.35 bits per heavy atom. The zero-order chi connectivity index (χ0) is 12.3. The number of aliphatic carboxylic acids is 1. The van der Waals surface area contributed by atoms with Crippen LogP contribution in [0.1, 0.15) is 12.1 Å². The molecule has 0 spiro atoms. The number of aryl methyl sites for hydroxylation is 1. The van der Waals surface area contributed by atoms with Crippen molar-refractivity contribution in [3.8, 4) is 11.3 Å². The van der Waals surface area contributed by atoms with Crippen molar-refractivity contribution >= 4 is 17.6 Å². The second kappa shape index (κ2) is 5.01. The summed E-state index contributed by atoms with van der Waals surface area (Å²) in [6, 6.07) is 8.91. The van der Waals surface area contributed by atoms with Crippen molar-refractivity contribution in [2.75, 3.05) is 0 Å². The van der Waals surface area contributed by atoms with Crippen molar-refractivity contribution in [3.63, 3.8) is 0 Å². The SMILES string of the molecule is O=C(O)CCc1cc(-c2ccc(Cl)cc2)on1. The van der Waals surface area contributed by atoms with Gasteiger partial charge in [-0.3, -0.25) is 4.79 Å². The Morgan fingerprint density at radius 3 is 2.71 bits per heavy atom. The van der Waals surface area contributed by atoms with E-state index in [0.717, 1.165) is 5.56 Å². The summed E-state index contributed by atoms with van der Waals surface area (Å²) in [6.45, 7) is 0. The molecule has 2 rings (SSSR count). The molecule has 4 nitrogen and oxygen atoms in total. The first-order valence-electron chi connectivity index (χ1n) is 5.08. The molecule has 0 saturated heterocycles. The minimum atomic E-state index is -0.846. The molecule has 0 saturated carbocycles.